The summed E-state index contributed by atoms with van der Waals surface area (Å²) in [5.41, 5.74) is 2.02. The van der Waals surface area contributed by atoms with Gasteiger partial charge in [0.2, 0.25) is 0 Å². The van der Waals surface area contributed by atoms with Crippen LogP contribution in [0.15, 0.2) is 24.3 Å². The van der Waals surface area contributed by atoms with E-state index in [4.69, 9.17) is 0 Å². The van der Waals surface area contributed by atoms with E-state index >= 15 is 0 Å². The van der Waals surface area contributed by atoms with Crippen LogP contribution < -0.4 is 5.32 Å². The summed E-state index contributed by atoms with van der Waals surface area (Å²) >= 11 is 0. The van der Waals surface area contributed by atoms with E-state index in [9.17, 15) is 4.79 Å². The van der Waals surface area contributed by atoms with E-state index in [-0.39, 0.29) is 5.91 Å². The number of nitrogens with zero attached hydrogens (tertiary/aromatic N) is 1. The molecule has 0 aliphatic heterocycles. The van der Waals surface area contributed by atoms with Crippen molar-refractivity contribution in [2.75, 3.05) is 27.2 Å². The molecule has 1 N–H and O–H groups in total. The van der Waals surface area contributed by atoms with Gasteiger partial charge in [0.15, 0.2) is 0 Å². The number of hydrogen-bond acceptors (Lipinski definition) is 2. The van der Waals surface area contributed by atoms with Crippen molar-refractivity contribution in [2.24, 2.45) is 0 Å². The first-order valence-electron chi connectivity index (χ1n) is 5.68. The largest absolute Gasteiger partial charge is 0.340 e. The Morgan fingerprint density at radius 2 is 1.94 bits per heavy atom. The zero-order valence-corrected chi connectivity index (χ0v) is 10.3. The Hall–Kier alpha value is -1.35. The van der Waals surface area contributed by atoms with Crippen LogP contribution in [0.3, 0.4) is 0 Å². The van der Waals surface area contributed by atoms with Crippen LogP contribution in [0.1, 0.15) is 22.8 Å². The molecule has 0 spiro atoms. The maximum absolute atomic E-state index is 11.9. The zero-order valence-electron chi connectivity index (χ0n) is 10.3. The summed E-state index contributed by atoms with van der Waals surface area (Å²) in [6, 6.07) is 7.83. The number of likely N-dealkylation sites (N-methyl/N-ethyl adjacent to an activating group) is 2. The van der Waals surface area contributed by atoms with Gasteiger partial charge in [-0.1, -0.05) is 19.1 Å². The van der Waals surface area contributed by atoms with Crippen molar-refractivity contribution in [3.8, 4) is 0 Å². The Bertz CT molecular complexity index is 332. The molecule has 0 unspecified atom stereocenters. The third-order valence-corrected chi connectivity index (χ3v) is 2.65. The van der Waals surface area contributed by atoms with Crippen molar-refractivity contribution in [3.05, 3.63) is 35.4 Å². The third kappa shape index (κ3) is 3.35. The number of rotatable bonds is 5. The Labute approximate surface area is 97.5 Å². The summed E-state index contributed by atoms with van der Waals surface area (Å²) in [6.45, 7) is 3.65. The highest BCUT2D eigenvalue weighted by molar-refractivity contribution is 5.94. The standard InChI is InChI=1S/C13H20N2O/c1-4-11-5-7-12(8-6-11)13(16)15(3)10-9-14-2/h5-8,14H,4,9-10H2,1-3H3. The average molecular weight is 220 g/mol. The molecule has 0 bridgehead atoms. The van der Waals surface area contributed by atoms with Crippen LogP contribution in [0, 0.1) is 0 Å². The molecule has 0 saturated carbocycles. The summed E-state index contributed by atoms with van der Waals surface area (Å²) < 4.78 is 0. The van der Waals surface area contributed by atoms with E-state index in [0.717, 1.165) is 25.1 Å². The van der Waals surface area contributed by atoms with Crippen molar-refractivity contribution in [2.45, 2.75) is 13.3 Å². The van der Waals surface area contributed by atoms with Gasteiger partial charge >= 0.3 is 0 Å². The van der Waals surface area contributed by atoms with Gasteiger partial charge in [0.05, 0.1) is 0 Å². The third-order valence-electron chi connectivity index (χ3n) is 2.65. The van der Waals surface area contributed by atoms with Crippen molar-refractivity contribution in [3.63, 3.8) is 0 Å². The van der Waals surface area contributed by atoms with Gasteiger partial charge in [-0.3, -0.25) is 4.79 Å². The predicted molar refractivity (Wildman–Crippen MR) is 66.7 cm³/mol. The summed E-state index contributed by atoms with van der Waals surface area (Å²) in [6.07, 6.45) is 1.00. The summed E-state index contributed by atoms with van der Waals surface area (Å²) in [7, 11) is 3.71. The van der Waals surface area contributed by atoms with Crippen molar-refractivity contribution in [1.29, 1.82) is 0 Å². The van der Waals surface area contributed by atoms with Gasteiger partial charge in [-0.2, -0.15) is 0 Å². The predicted octanol–water partition coefficient (Wildman–Crippen LogP) is 1.54. The van der Waals surface area contributed by atoms with E-state index in [1.807, 2.05) is 38.4 Å². The monoisotopic (exact) mass is 220 g/mol. The first kappa shape index (κ1) is 12.7. The van der Waals surface area contributed by atoms with Crippen LogP contribution in [0.25, 0.3) is 0 Å². The van der Waals surface area contributed by atoms with E-state index in [2.05, 4.69) is 12.2 Å². The molecule has 1 rings (SSSR count). The van der Waals surface area contributed by atoms with Gasteiger partial charge in [-0.05, 0) is 31.2 Å². The molecular formula is C13H20N2O. The van der Waals surface area contributed by atoms with Gasteiger partial charge in [-0.15, -0.1) is 0 Å². The van der Waals surface area contributed by atoms with Gasteiger partial charge in [-0.25, -0.2) is 0 Å². The fraction of sp³-hybridized carbons (Fsp3) is 0.462. The second kappa shape index (κ2) is 6.28. The van der Waals surface area contributed by atoms with Crippen molar-refractivity contribution >= 4 is 5.91 Å². The summed E-state index contributed by atoms with van der Waals surface area (Å²) in [5.74, 6) is 0.0814. The Balaban J connectivity index is 2.64. The Morgan fingerprint density at radius 3 is 2.44 bits per heavy atom. The van der Waals surface area contributed by atoms with Crippen LogP contribution in [-0.2, 0) is 6.42 Å². The molecule has 0 aliphatic rings. The molecular weight excluding hydrogens is 200 g/mol. The zero-order chi connectivity index (χ0) is 12.0. The van der Waals surface area contributed by atoms with Crippen LogP contribution in [0.5, 0.6) is 0 Å². The maximum Gasteiger partial charge on any atom is 0.253 e. The van der Waals surface area contributed by atoms with Crippen LogP contribution >= 0.6 is 0 Å². The fourth-order valence-corrected chi connectivity index (χ4v) is 1.48. The molecule has 0 aliphatic carbocycles. The lowest BCUT2D eigenvalue weighted by molar-refractivity contribution is 0.0797. The molecule has 3 nitrogen and oxygen atoms in total. The minimum absolute atomic E-state index is 0.0814. The highest BCUT2D eigenvalue weighted by Gasteiger charge is 2.10. The molecule has 0 aromatic heterocycles. The van der Waals surface area contributed by atoms with E-state index in [0.29, 0.717) is 0 Å². The topological polar surface area (TPSA) is 32.3 Å². The highest BCUT2D eigenvalue weighted by Crippen LogP contribution is 2.07. The van der Waals surface area contributed by atoms with Gasteiger partial charge in [0, 0.05) is 25.7 Å². The molecule has 88 valence electrons. The molecule has 1 amide bonds. The lowest BCUT2D eigenvalue weighted by atomic mass is 10.1. The smallest absolute Gasteiger partial charge is 0.253 e. The van der Waals surface area contributed by atoms with Crippen molar-refractivity contribution < 1.29 is 4.79 Å². The molecule has 16 heavy (non-hydrogen) atoms. The number of hydrogen-bond donors (Lipinski definition) is 1. The van der Waals surface area contributed by atoms with E-state index in [1.54, 1.807) is 4.90 Å². The van der Waals surface area contributed by atoms with E-state index < -0.39 is 0 Å². The minimum atomic E-state index is 0.0814. The first-order chi connectivity index (χ1) is 7.69. The molecule has 0 fully saturated rings. The number of aryl methyl sites for hydroxylation is 1. The quantitative estimate of drug-likeness (QED) is 0.816. The number of nitrogens with one attached hydrogen (secondary N) is 1. The van der Waals surface area contributed by atoms with Gasteiger partial charge in [0.1, 0.15) is 0 Å². The number of carbonyl (C=O) groups excluding carboxylic acids is 1. The number of amides is 1. The second-order valence-electron chi connectivity index (χ2n) is 3.88. The van der Waals surface area contributed by atoms with Crippen LogP contribution in [0.2, 0.25) is 0 Å². The molecule has 0 atom stereocenters. The van der Waals surface area contributed by atoms with E-state index in [1.165, 1.54) is 5.56 Å². The lowest BCUT2D eigenvalue weighted by Gasteiger charge is -2.16. The average Bonchev–Trinajstić information content (AvgIpc) is 2.35. The van der Waals surface area contributed by atoms with Crippen molar-refractivity contribution in [1.82, 2.24) is 10.2 Å². The van der Waals surface area contributed by atoms with Crippen LogP contribution in [0.4, 0.5) is 0 Å². The molecule has 3 heteroatoms. The van der Waals surface area contributed by atoms with Crippen LogP contribution in [-0.4, -0.2) is 38.0 Å². The molecule has 0 radical (unpaired) electrons. The number of benzene rings is 1. The fourth-order valence-electron chi connectivity index (χ4n) is 1.48. The van der Waals surface area contributed by atoms with Gasteiger partial charge < -0.3 is 10.2 Å². The SMILES string of the molecule is CCc1ccc(C(=O)N(C)CCNC)cc1. The minimum Gasteiger partial charge on any atom is -0.340 e. The van der Waals surface area contributed by atoms with Gasteiger partial charge in [0.25, 0.3) is 5.91 Å². The second-order valence-corrected chi connectivity index (χ2v) is 3.88. The molecule has 0 saturated heterocycles. The highest BCUT2D eigenvalue weighted by atomic mass is 16.2. The lowest BCUT2D eigenvalue weighted by Crippen LogP contribution is -2.32. The molecule has 1 aromatic carbocycles. The Morgan fingerprint density at radius 1 is 1.31 bits per heavy atom. The summed E-state index contributed by atoms with van der Waals surface area (Å²) in [4.78, 5) is 13.7. The Kier molecular flexibility index (Phi) is 4.99. The first-order valence-corrected chi connectivity index (χ1v) is 5.68. The molecule has 1 aromatic rings. The summed E-state index contributed by atoms with van der Waals surface area (Å²) in [5, 5.41) is 3.03. The normalized spacial score (nSPS) is 10.2. The maximum atomic E-state index is 11.9. The molecule has 0 heterocycles. The number of carbonyl (C=O) groups is 1.